The molecule has 0 N–H and O–H groups in total. The van der Waals surface area contributed by atoms with E-state index in [9.17, 15) is 4.79 Å². The Hall–Kier alpha value is -1.10. The average molecular weight is 299 g/mol. The third kappa shape index (κ3) is 2.68. The van der Waals surface area contributed by atoms with Crippen LogP contribution in [0.5, 0.6) is 0 Å². The van der Waals surface area contributed by atoms with Crippen molar-refractivity contribution in [3.63, 3.8) is 0 Å². The van der Waals surface area contributed by atoms with Crippen LogP contribution in [-0.2, 0) is 19.0 Å². The summed E-state index contributed by atoms with van der Waals surface area (Å²) in [6, 6.07) is 7.30. The van der Waals surface area contributed by atoms with Gasteiger partial charge in [-0.05, 0) is 18.9 Å². The highest BCUT2D eigenvalue weighted by atomic mass is 35.5. The van der Waals surface area contributed by atoms with E-state index in [2.05, 4.69) is 0 Å². The van der Waals surface area contributed by atoms with Gasteiger partial charge in [0.25, 0.3) is 0 Å². The van der Waals surface area contributed by atoms with Crippen molar-refractivity contribution in [2.24, 2.45) is 0 Å². The van der Waals surface area contributed by atoms with Crippen molar-refractivity contribution >= 4 is 17.6 Å². The van der Waals surface area contributed by atoms with E-state index >= 15 is 0 Å². The number of benzene rings is 1. The molecular weight excluding hydrogens is 280 g/mol. The van der Waals surface area contributed by atoms with Gasteiger partial charge in [-0.2, -0.15) is 0 Å². The van der Waals surface area contributed by atoms with E-state index in [1.165, 1.54) is 7.11 Å². The average Bonchev–Trinajstić information content (AvgIpc) is 2.87. The lowest BCUT2D eigenvalue weighted by Crippen LogP contribution is -2.32. The van der Waals surface area contributed by atoms with Gasteiger partial charge in [-0.1, -0.05) is 43.6 Å². The predicted octanol–water partition coefficient (Wildman–Crippen LogP) is 3.49. The fourth-order valence-corrected chi connectivity index (χ4v) is 2.66. The second-order valence-corrected chi connectivity index (χ2v) is 5.15. The smallest absolute Gasteiger partial charge is 0.338 e. The monoisotopic (exact) mass is 298 g/mol. The molecule has 1 aliphatic rings. The number of ether oxygens (including phenoxy) is 3. The van der Waals surface area contributed by atoms with Gasteiger partial charge in [0.05, 0.1) is 7.11 Å². The first-order valence-corrected chi connectivity index (χ1v) is 7.12. The third-order valence-electron chi connectivity index (χ3n) is 3.68. The van der Waals surface area contributed by atoms with Gasteiger partial charge in [-0.3, -0.25) is 0 Å². The van der Waals surface area contributed by atoms with E-state index < -0.39 is 24.0 Å². The predicted molar refractivity (Wildman–Crippen MR) is 75.5 cm³/mol. The van der Waals surface area contributed by atoms with E-state index in [0.717, 1.165) is 5.56 Å². The summed E-state index contributed by atoms with van der Waals surface area (Å²) in [7, 11) is 1.34. The highest BCUT2D eigenvalue weighted by Crippen LogP contribution is 2.44. The summed E-state index contributed by atoms with van der Waals surface area (Å²) < 4.78 is 16.7. The fraction of sp³-hybridized carbons (Fsp3) is 0.533. The highest BCUT2D eigenvalue weighted by molar-refractivity contribution is 6.31. The Labute approximate surface area is 124 Å². The number of hydrogen-bond acceptors (Lipinski definition) is 4. The number of halogens is 1. The highest BCUT2D eigenvalue weighted by Gasteiger charge is 2.50. The number of carbonyl (C=O) groups excluding carboxylic acids is 1. The van der Waals surface area contributed by atoms with Crippen LogP contribution in [0.15, 0.2) is 24.3 Å². The van der Waals surface area contributed by atoms with Crippen molar-refractivity contribution in [3.05, 3.63) is 34.9 Å². The first kappa shape index (κ1) is 15.3. The number of rotatable bonds is 4. The molecule has 0 amide bonds. The SMILES string of the molecule is CCC1(CC)OC(c2ccccc2Cl)[C@@H](C(=O)OC)O1. The molecule has 1 aromatic carbocycles. The maximum atomic E-state index is 12.0. The minimum absolute atomic E-state index is 0.446. The van der Waals surface area contributed by atoms with Crippen LogP contribution in [0.4, 0.5) is 0 Å². The first-order chi connectivity index (χ1) is 9.56. The second kappa shape index (κ2) is 6.12. The number of carbonyl (C=O) groups is 1. The molecule has 0 bridgehead atoms. The molecule has 4 nitrogen and oxygen atoms in total. The van der Waals surface area contributed by atoms with E-state index in [1.54, 1.807) is 6.07 Å². The topological polar surface area (TPSA) is 44.8 Å². The fourth-order valence-electron chi connectivity index (χ4n) is 2.42. The van der Waals surface area contributed by atoms with Crippen LogP contribution in [0.3, 0.4) is 0 Å². The number of hydrogen-bond donors (Lipinski definition) is 0. The van der Waals surface area contributed by atoms with Crippen molar-refractivity contribution in [2.45, 2.75) is 44.7 Å². The van der Waals surface area contributed by atoms with Crippen LogP contribution in [0.25, 0.3) is 0 Å². The zero-order chi connectivity index (χ0) is 14.8. The zero-order valence-corrected chi connectivity index (χ0v) is 12.6. The third-order valence-corrected chi connectivity index (χ3v) is 4.03. The van der Waals surface area contributed by atoms with Crippen molar-refractivity contribution in [2.75, 3.05) is 7.11 Å². The molecule has 2 atom stereocenters. The summed E-state index contributed by atoms with van der Waals surface area (Å²) in [5.41, 5.74) is 0.744. The Balaban J connectivity index is 2.38. The van der Waals surface area contributed by atoms with Gasteiger partial charge >= 0.3 is 5.97 Å². The van der Waals surface area contributed by atoms with Crippen molar-refractivity contribution < 1.29 is 19.0 Å². The molecule has 1 fully saturated rings. The summed E-state index contributed by atoms with van der Waals surface area (Å²) in [4.78, 5) is 12.0. The molecule has 20 heavy (non-hydrogen) atoms. The maximum absolute atomic E-state index is 12.0. The van der Waals surface area contributed by atoms with Crippen LogP contribution in [0, 0.1) is 0 Å². The van der Waals surface area contributed by atoms with Gasteiger partial charge in [0.2, 0.25) is 0 Å². The van der Waals surface area contributed by atoms with Crippen LogP contribution in [-0.4, -0.2) is 25.0 Å². The zero-order valence-electron chi connectivity index (χ0n) is 11.9. The molecule has 0 saturated carbocycles. The summed E-state index contributed by atoms with van der Waals surface area (Å²) in [6.07, 6.45) is -0.0357. The number of esters is 1. The van der Waals surface area contributed by atoms with Crippen molar-refractivity contribution in [1.82, 2.24) is 0 Å². The Bertz CT molecular complexity index is 485. The summed E-state index contributed by atoms with van der Waals surface area (Å²) in [5, 5.41) is 0.554. The molecule has 0 radical (unpaired) electrons. The largest absolute Gasteiger partial charge is 0.467 e. The van der Waals surface area contributed by atoms with Gasteiger partial charge in [0.1, 0.15) is 6.10 Å². The van der Waals surface area contributed by atoms with E-state index in [1.807, 2.05) is 32.0 Å². The van der Waals surface area contributed by atoms with Crippen LogP contribution in [0.1, 0.15) is 38.4 Å². The van der Waals surface area contributed by atoms with Gasteiger partial charge in [-0.25, -0.2) is 4.79 Å². The van der Waals surface area contributed by atoms with Crippen LogP contribution < -0.4 is 0 Å². The molecule has 110 valence electrons. The second-order valence-electron chi connectivity index (χ2n) is 4.74. The molecule has 1 heterocycles. The Morgan fingerprint density at radius 1 is 1.30 bits per heavy atom. The van der Waals surface area contributed by atoms with E-state index in [4.69, 9.17) is 25.8 Å². The maximum Gasteiger partial charge on any atom is 0.338 e. The lowest BCUT2D eigenvalue weighted by atomic mass is 10.0. The van der Waals surface area contributed by atoms with Gasteiger partial charge in [0, 0.05) is 10.6 Å². The van der Waals surface area contributed by atoms with Crippen molar-refractivity contribution in [3.8, 4) is 0 Å². The first-order valence-electron chi connectivity index (χ1n) is 6.74. The number of methoxy groups -OCH3 is 1. The Kier molecular flexibility index (Phi) is 4.68. The standard InChI is InChI=1S/C15H19ClO4/c1-4-15(5-2)19-12(13(20-15)14(17)18-3)10-8-6-7-9-11(10)16/h6-9,12-13H,4-5H2,1-3H3/t12?,13-/m0/s1. The molecule has 0 aromatic heterocycles. The van der Waals surface area contributed by atoms with Gasteiger partial charge < -0.3 is 14.2 Å². The summed E-state index contributed by atoms with van der Waals surface area (Å²) >= 11 is 6.21. The molecule has 2 rings (SSSR count). The molecular formula is C15H19ClO4. The normalized spacial score (nSPS) is 24.6. The molecule has 5 heteroatoms. The molecule has 1 saturated heterocycles. The summed E-state index contributed by atoms with van der Waals surface area (Å²) in [5.74, 6) is -1.21. The minimum atomic E-state index is -0.792. The lowest BCUT2D eigenvalue weighted by Gasteiger charge is -2.25. The molecule has 0 spiro atoms. The molecule has 1 aliphatic heterocycles. The Morgan fingerprint density at radius 2 is 1.95 bits per heavy atom. The molecule has 1 aromatic rings. The van der Waals surface area contributed by atoms with Crippen molar-refractivity contribution in [1.29, 1.82) is 0 Å². The van der Waals surface area contributed by atoms with Gasteiger partial charge in [-0.15, -0.1) is 0 Å². The van der Waals surface area contributed by atoms with E-state index in [-0.39, 0.29) is 0 Å². The lowest BCUT2D eigenvalue weighted by molar-refractivity contribution is -0.187. The molecule has 0 aliphatic carbocycles. The van der Waals surface area contributed by atoms with Gasteiger partial charge in [0.15, 0.2) is 11.9 Å². The van der Waals surface area contributed by atoms with Crippen LogP contribution >= 0.6 is 11.6 Å². The molecule has 1 unspecified atom stereocenters. The quantitative estimate of drug-likeness (QED) is 0.798. The van der Waals surface area contributed by atoms with E-state index in [0.29, 0.717) is 17.9 Å². The Morgan fingerprint density at radius 3 is 2.50 bits per heavy atom. The van der Waals surface area contributed by atoms with Crippen LogP contribution in [0.2, 0.25) is 5.02 Å². The minimum Gasteiger partial charge on any atom is -0.467 e. The summed E-state index contributed by atoms with van der Waals surface area (Å²) in [6.45, 7) is 3.93.